The van der Waals surface area contributed by atoms with Crippen LogP contribution in [-0.4, -0.2) is 0 Å². The average molecular weight is 198 g/mol. The van der Waals surface area contributed by atoms with Crippen LogP contribution in [0.2, 0.25) is 0 Å². The number of nitrogens with zero attached hydrogens (tertiary/aromatic N) is 1. The van der Waals surface area contributed by atoms with Crippen molar-refractivity contribution in [1.82, 2.24) is 0 Å². The maximum Gasteiger partial charge on any atom is 0.171 e. The molecule has 1 nitrogen and oxygen atoms in total. The molecule has 0 saturated heterocycles. The smallest absolute Gasteiger partial charge is 0.171 e. The molecule has 0 saturated carbocycles. The zero-order valence-corrected chi connectivity index (χ0v) is 9.06. The van der Waals surface area contributed by atoms with E-state index in [-0.39, 0.29) is 0 Å². The average Bonchev–Trinajstić information content (AvgIpc) is 2.28. The second-order valence-electron chi connectivity index (χ2n) is 3.85. The van der Waals surface area contributed by atoms with Crippen LogP contribution < -0.4 is 4.57 Å². The summed E-state index contributed by atoms with van der Waals surface area (Å²) in [6.45, 7) is 3.17. The fraction of sp³-hybridized carbons (Fsp3) is 0.214. The molecule has 0 spiro atoms. The van der Waals surface area contributed by atoms with Gasteiger partial charge in [0, 0.05) is 18.1 Å². The zero-order chi connectivity index (χ0) is 10.5. The molecule has 1 aromatic heterocycles. The van der Waals surface area contributed by atoms with Crippen molar-refractivity contribution >= 4 is 0 Å². The highest BCUT2D eigenvalue weighted by Crippen LogP contribution is 1.99. The maximum atomic E-state index is 2.24. The third-order valence-electron chi connectivity index (χ3n) is 2.51. The van der Waals surface area contributed by atoms with Gasteiger partial charge < -0.3 is 0 Å². The van der Waals surface area contributed by atoms with Crippen molar-refractivity contribution in [3.8, 4) is 0 Å². The lowest BCUT2D eigenvalue weighted by molar-refractivity contribution is -0.696. The fourth-order valence-electron chi connectivity index (χ4n) is 1.69. The van der Waals surface area contributed by atoms with E-state index in [9.17, 15) is 0 Å². The van der Waals surface area contributed by atoms with Gasteiger partial charge in [0.2, 0.25) is 0 Å². The predicted octanol–water partition coefficient (Wildman–Crippen LogP) is 2.53. The standard InChI is InChI=1S/C14H16N/c1-13-6-5-10-15(12-13)11-9-14-7-3-2-4-8-14/h2-8,10,12H,9,11H2,1H3/q+1. The topological polar surface area (TPSA) is 3.88 Å². The van der Waals surface area contributed by atoms with Crippen molar-refractivity contribution < 1.29 is 4.57 Å². The predicted molar refractivity (Wildman–Crippen MR) is 61.5 cm³/mol. The van der Waals surface area contributed by atoms with Gasteiger partial charge in [0.1, 0.15) is 0 Å². The first-order chi connectivity index (χ1) is 7.34. The number of pyridine rings is 1. The van der Waals surface area contributed by atoms with Crippen LogP contribution in [0, 0.1) is 6.92 Å². The van der Waals surface area contributed by atoms with E-state index in [2.05, 4.69) is 66.3 Å². The number of aromatic nitrogens is 1. The van der Waals surface area contributed by atoms with E-state index in [1.807, 2.05) is 0 Å². The molecule has 0 bridgehead atoms. The lowest BCUT2D eigenvalue weighted by Gasteiger charge is -1.98. The largest absolute Gasteiger partial charge is 0.205 e. The van der Waals surface area contributed by atoms with Crippen LogP contribution in [0.15, 0.2) is 54.9 Å². The normalized spacial score (nSPS) is 10.2. The van der Waals surface area contributed by atoms with Crippen LogP contribution in [0.4, 0.5) is 0 Å². The van der Waals surface area contributed by atoms with Gasteiger partial charge in [-0.1, -0.05) is 30.3 Å². The second-order valence-corrected chi connectivity index (χ2v) is 3.85. The fourth-order valence-corrected chi connectivity index (χ4v) is 1.69. The van der Waals surface area contributed by atoms with Gasteiger partial charge in [-0.25, -0.2) is 4.57 Å². The lowest BCUT2D eigenvalue weighted by Crippen LogP contribution is -2.34. The molecule has 76 valence electrons. The van der Waals surface area contributed by atoms with Crippen molar-refractivity contribution in [1.29, 1.82) is 0 Å². The van der Waals surface area contributed by atoms with E-state index in [0.29, 0.717) is 0 Å². The molecular formula is C14H16N+. The van der Waals surface area contributed by atoms with Gasteiger partial charge >= 0.3 is 0 Å². The molecule has 0 aliphatic carbocycles. The van der Waals surface area contributed by atoms with Gasteiger partial charge in [-0.15, -0.1) is 0 Å². The summed E-state index contributed by atoms with van der Waals surface area (Å²) in [5, 5.41) is 0. The van der Waals surface area contributed by atoms with Crippen molar-refractivity contribution in [2.45, 2.75) is 19.9 Å². The minimum Gasteiger partial charge on any atom is -0.205 e. The van der Waals surface area contributed by atoms with Crippen molar-refractivity contribution in [2.75, 3.05) is 0 Å². The number of hydrogen-bond donors (Lipinski definition) is 0. The molecule has 1 heteroatoms. The molecule has 1 aromatic carbocycles. The Hall–Kier alpha value is -1.63. The van der Waals surface area contributed by atoms with Crippen LogP contribution >= 0.6 is 0 Å². The van der Waals surface area contributed by atoms with Crippen LogP contribution in [0.5, 0.6) is 0 Å². The first-order valence-corrected chi connectivity index (χ1v) is 5.34. The summed E-state index contributed by atoms with van der Waals surface area (Å²) in [6.07, 6.45) is 5.40. The first-order valence-electron chi connectivity index (χ1n) is 5.34. The van der Waals surface area contributed by atoms with Crippen LogP contribution in [0.1, 0.15) is 11.1 Å². The van der Waals surface area contributed by atoms with Crippen LogP contribution in [0.3, 0.4) is 0 Å². The van der Waals surface area contributed by atoms with Crippen molar-refractivity contribution in [2.24, 2.45) is 0 Å². The molecule has 0 amide bonds. The van der Waals surface area contributed by atoms with E-state index >= 15 is 0 Å². The van der Waals surface area contributed by atoms with Gasteiger partial charge in [0.15, 0.2) is 18.9 Å². The second kappa shape index (κ2) is 4.74. The zero-order valence-electron chi connectivity index (χ0n) is 9.06. The quantitative estimate of drug-likeness (QED) is 0.667. The summed E-state index contributed by atoms with van der Waals surface area (Å²) in [6, 6.07) is 14.8. The molecule has 0 atom stereocenters. The van der Waals surface area contributed by atoms with E-state index in [4.69, 9.17) is 0 Å². The number of rotatable bonds is 3. The summed E-state index contributed by atoms with van der Waals surface area (Å²) in [5.74, 6) is 0. The highest BCUT2D eigenvalue weighted by Gasteiger charge is 2.00. The Balaban J connectivity index is 1.99. The Kier molecular flexibility index (Phi) is 3.13. The lowest BCUT2D eigenvalue weighted by atomic mass is 10.1. The molecule has 0 aliphatic rings. The van der Waals surface area contributed by atoms with Crippen molar-refractivity contribution in [3.05, 3.63) is 66.0 Å². The Bertz CT molecular complexity index is 420. The van der Waals surface area contributed by atoms with Gasteiger partial charge in [-0.05, 0) is 18.6 Å². The summed E-state index contributed by atoms with van der Waals surface area (Å²) >= 11 is 0. The highest BCUT2D eigenvalue weighted by molar-refractivity contribution is 5.14. The van der Waals surface area contributed by atoms with Gasteiger partial charge in [0.05, 0.1) is 0 Å². The summed E-state index contributed by atoms with van der Waals surface area (Å²) in [7, 11) is 0. The van der Waals surface area contributed by atoms with E-state index < -0.39 is 0 Å². The van der Waals surface area contributed by atoms with Crippen LogP contribution in [-0.2, 0) is 13.0 Å². The van der Waals surface area contributed by atoms with Crippen LogP contribution in [0.25, 0.3) is 0 Å². The van der Waals surface area contributed by atoms with Gasteiger partial charge in [-0.3, -0.25) is 0 Å². The summed E-state index contributed by atoms with van der Waals surface area (Å²) < 4.78 is 2.24. The Labute approximate surface area is 91.0 Å². The molecular weight excluding hydrogens is 182 g/mol. The monoisotopic (exact) mass is 198 g/mol. The number of aryl methyl sites for hydroxylation is 3. The summed E-state index contributed by atoms with van der Waals surface area (Å²) in [5.41, 5.74) is 2.71. The Morgan fingerprint density at radius 3 is 2.53 bits per heavy atom. The molecule has 0 radical (unpaired) electrons. The minimum absolute atomic E-state index is 1.05. The van der Waals surface area contributed by atoms with Gasteiger partial charge in [-0.2, -0.15) is 0 Å². The van der Waals surface area contributed by atoms with Gasteiger partial charge in [0.25, 0.3) is 0 Å². The molecule has 0 unspecified atom stereocenters. The molecule has 15 heavy (non-hydrogen) atoms. The third kappa shape index (κ3) is 2.91. The number of hydrogen-bond acceptors (Lipinski definition) is 0. The SMILES string of the molecule is Cc1ccc[n+](CCc2ccccc2)c1. The minimum atomic E-state index is 1.05. The molecule has 1 heterocycles. The Morgan fingerprint density at radius 2 is 1.80 bits per heavy atom. The summed E-state index contributed by atoms with van der Waals surface area (Å²) in [4.78, 5) is 0. The van der Waals surface area contributed by atoms with E-state index in [1.54, 1.807) is 0 Å². The molecule has 0 aliphatic heterocycles. The molecule has 2 aromatic rings. The maximum absolute atomic E-state index is 2.24. The number of benzene rings is 1. The Morgan fingerprint density at radius 1 is 1.00 bits per heavy atom. The molecule has 0 fully saturated rings. The van der Waals surface area contributed by atoms with E-state index in [1.165, 1.54) is 11.1 Å². The molecule has 0 N–H and O–H groups in total. The van der Waals surface area contributed by atoms with E-state index in [0.717, 1.165) is 13.0 Å². The molecule has 2 rings (SSSR count). The van der Waals surface area contributed by atoms with Crippen molar-refractivity contribution in [3.63, 3.8) is 0 Å². The first kappa shape index (κ1) is 9.91. The third-order valence-corrected chi connectivity index (χ3v) is 2.51. The highest BCUT2D eigenvalue weighted by atomic mass is 14.9.